The van der Waals surface area contributed by atoms with Gasteiger partial charge in [0.1, 0.15) is 0 Å². The molecule has 2 aromatic rings. The van der Waals surface area contributed by atoms with Crippen molar-refractivity contribution < 1.29 is 5.11 Å². The second kappa shape index (κ2) is 8.59. The fourth-order valence-corrected chi connectivity index (χ4v) is 5.15. The number of amidine groups is 1. The van der Waals surface area contributed by atoms with Gasteiger partial charge in [0.25, 0.3) is 0 Å². The van der Waals surface area contributed by atoms with Gasteiger partial charge in [-0.25, -0.2) is 0 Å². The molecular formula is C21H25BrN2OS. The SMILES string of the molecule is Br.OC1(C(c2ccccc2)c2ccccc2)CS/C2=N/CCCCCN21. The molecule has 2 aromatic carbocycles. The molecule has 138 valence electrons. The number of nitrogens with zero attached hydrogens (tertiary/aromatic N) is 2. The molecule has 0 saturated carbocycles. The van der Waals surface area contributed by atoms with Gasteiger partial charge < -0.3 is 10.0 Å². The van der Waals surface area contributed by atoms with Gasteiger partial charge >= 0.3 is 0 Å². The van der Waals surface area contributed by atoms with E-state index < -0.39 is 5.72 Å². The lowest BCUT2D eigenvalue weighted by Gasteiger charge is -2.41. The Morgan fingerprint density at radius 1 is 0.923 bits per heavy atom. The van der Waals surface area contributed by atoms with Crippen LogP contribution >= 0.6 is 28.7 Å². The third-order valence-electron chi connectivity index (χ3n) is 5.13. The Morgan fingerprint density at radius 3 is 2.15 bits per heavy atom. The number of hydrogen-bond acceptors (Lipinski definition) is 4. The van der Waals surface area contributed by atoms with E-state index in [-0.39, 0.29) is 22.9 Å². The van der Waals surface area contributed by atoms with Crippen molar-refractivity contribution in [3.05, 3.63) is 71.8 Å². The van der Waals surface area contributed by atoms with E-state index in [1.54, 1.807) is 11.8 Å². The molecule has 0 radical (unpaired) electrons. The third kappa shape index (κ3) is 3.71. The van der Waals surface area contributed by atoms with Crippen molar-refractivity contribution in [1.82, 2.24) is 4.90 Å². The van der Waals surface area contributed by atoms with Gasteiger partial charge in [0.15, 0.2) is 10.9 Å². The second-order valence-electron chi connectivity index (χ2n) is 6.80. The van der Waals surface area contributed by atoms with Crippen LogP contribution in [0.1, 0.15) is 36.3 Å². The van der Waals surface area contributed by atoms with Crippen LogP contribution in [-0.4, -0.2) is 39.7 Å². The Balaban J connectivity index is 0.00000196. The number of aliphatic imine (C=N–C) groups is 1. The quantitative estimate of drug-likeness (QED) is 0.764. The monoisotopic (exact) mass is 432 g/mol. The highest BCUT2D eigenvalue weighted by molar-refractivity contribution is 8.93. The van der Waals surface area contributed by atoms with Crippen LogP contribution in [0.5, 0.6) is 0 Å². The maximum Gasteiger partial charge on any atom is 0.161 e. The van der Waals surface area contributed by atoms with Gasteiger partial charge in [-0.1, -0.05) is 72.4 Å². The summed E-state index contributed by atoms with van der Waals surface area (Å²) in [6, 6.07) is 20.8. The Labute approximate surface area is 170 Å². The lowest BCUT2D eigenvalue weighted by molar-refractivity contribution is -0.0564. The van der Waals surface area contributed by atoms with Crippen molar-refractivity contribution in [2.75, 3.05) is 18.8 Å². The minimum atomic E-state index is -0.941. The van der Waals surface area contributed by atoms with Crippen molar-refractivity contribution in [3.63, 3.8) is 0 Å². The summed E-state index contributed by atoms with van der Waals surface area (Å²) in [5, 5.41) is 12.9. The molecule has 2 aliphatic heterocycles. The van der Waals surface area contributed by atoms with Gasteiger partial charge in [-0.15, -0.1) is 17.0 Å². The summed E-state index contributed by atoms with van der Waals surface area (Å²) in [5.41, 5.74) is 1.36. The molecular weight excluding hydrogens is 408 g/mol. The number of thioether (sulfide) groups is 1. The van der Waals surface area contributed by atoms with Crippen molar-refractivity contribution in [2.24, 2.45) is 4.99 Å². The summed E-state index contributed by atoms with van der Waals surface area (Å²) < 4.78 is 0. The summed E-state index contributed by atoms with van der Waals surface area (Å²) in [6.45, 7) is 1.74. The van der Waals surface area contributed by atoms with E-state index in [0.29, 0.717) is 5.75 Å². The van der Waals surface area contributed by atoms with Gasteiger partial charge in [0.05, 0.1) is 5.92 Å². The minimum Gasteiger partial charge on any atom is -0.369 e. The average molecular weight is 433 g/mol. The molecule has 0 spiro atoms. The molecule has 2 aliphatic rings. The Morgan fingerprint density at radius 2 is 1.54 bits per heavy atom. The van der Waals surface area contributed by atoms with E-state index in [0.717, 1.165) is 42.2 Å². The second-order valence-corrected chi connectivity index (χ2v) is 7.74. The average Bonchev–Trinajstić information content (AvgIpc) is 2.92. The fraction of sp³-hybridized carbons (Fsp3) is 0.381. The van der Waals surface area contributed by atoms with E-state index in [4.69, 9.17) is 4.99 Å². The Kier molecular flexibility index (Phi) is 6.43. The van der Waals surface area contributed by atoms with Crippen LogP contribution in [0.15, 0.2) is 65.7 Å². The summed E-state index contributed by atoms with van der Waals surface area (Å²) in [7, 11) is 0. The van der Waals surface area contributed by atoms with Crippen LogP contribution in [0.25, 0.3) is 0 Å². The molecule has 1 saturated heterocycles. The predicted molar refractivity (Wildman–Crippen MR) is 115 cm³/mol. The van der Waals surface area contributed by atoms with Crippen molar-refractivity contribution in [3.8, 4) is 0 Å². The molecule has 1 unspecified atom stereocenters. The molecule has 0 aliphatic carbocycles. The number of hydrogen-bond donors (Lipinski definition) is 1. The van der Waals surface area contributed by atoms with E-state index in [1.165, 1.54) is 6.42 Å². The maximum absolute atomic E-state index is 11.9. The molecule has 5 heteroatoms. The highest BCUT2D eigenvalue weighted by Gasteiger charge is 2.50. The van der Waals surface area contributed by atoms with E-state index >= 15 is 0 Å². The summed E-state index contributed by atoms with van der Waals surface area (Å²) >= 11 is 1.70. The molecule has 26 heavy (non-hydrogen) atoms. The van der Waals surface area contributed by atoms with E-state index in [1.807, 2.05) is 12.1 Å². The number of rotatable bonds is 3. The number of fused-ring (bicyclic) bond motifs is 1. The first kappa shape index (κ1) is 19.5. The van der Waals surface area contributed by atoms with Crippen LogP contribution in [0.2, 0.25) is 0 Å². The van der Waals surface area contributed by atoms with Crippen molar-refractivity contribution >= 4 is 33.9 Å². The minimum absolute atomic E-state index is 0. The highest BCUT2D eigenvalue weighted by atomic mass is 79.9. The van der Waals surface area contributed by atoms with Crippen LogP contribution in [0.3, 0.4) is 0 Å². The maximum atomic E-state index is 11.9. The standard InChI is InChI=1S/C21H24N2OS.BrH/c24-21(16-25-20-22-14-8-3-9-15-23(20)21)19(17-10-4-1-5-11-17)18-12-6-2-7-13-18;/h1-2,4-7,10-13,19,24H,3,8-9,14-16H2;1H/b22-20+;. The van der Waals surface area contributed by atoms with Gasteiger partial charge in [-0.2, -0.15) is 0 Å². The molecule has 1 N–H and O–H groups in total. The van der Waals surface area contributed by atoms with Gasteiger partial charge in [-0.05, 0) is 30.4 Å². The molecule has 0 amide bonds. The lowest BCUT2D eigenvalue weighted by Crippen LogP contribution is -2.53. The Hall–Kier alpha value is -1.30. The number of benzene rings is 2. The molecule has 1 fully saturated rings. The molecule has 0 aromatic heterocycles. The lowest BCUT2D eigenvalue weighted by atomic mass is 9.82. The molecule has 2 heterocycles. The van der Waals surface area contributed by atoms with Crippen molar-refractivity contribution in [1.29, 1.82) is 0 Å². The zero-order valence-electron chi connectivity index (χ0n) is 14.8. The van der Waals surface area contributed by atoms with E-state index in [9.17, 15) is 5.11 Å². The zero-order valence-corrected chi connectivity index (χ0v) is 17.3. The normalized spacial score (nSPS) is 24.8. The smallest absolute Gasteiger partial charge is 0.161 e. The zero-order chi connectivity index (χ0) is 17.1. The van der Waals surface area contributed by atoms with Crippen LogP contribution in [-0.2, 0) is 0 Å². The highest BCUT2D eigenvalue weighted by Crippen LogP contribution is 2.45. The van der Waals surface area contributed by atoms with Crippen molar-refractivity contribution in [2.45, 2.75) is 30.9 Å². The summed E-state index contributed by atoms with van der Waals surface area (Å²) in [4.78, 5) is 6.92. The van der Waals surface area contributed by atoms with Gasteiger partial charge in [0.2, 0.25) is 0 Å². The summed E-state index contributed by atoms with van der Waals surface area (Å²) in [6.07, 6.45) is 3.44. The summed E-state index contributed by atoms with van der Waals surface area (Å²) in [5.74, 6) is 0.565. The molecule has 4 rings (SSSR count). The van der Waals surface area contributed by atoms with Crippen LogP contribution in [0.4, 0.5) is 0 Å². The predicted octanol–water partition coefficient (Wildman–Crippen LogP) is 4.67. The van der Waals surface area contributed by atoms with Crippen LogP contribution in [0, 0.1) is 0 Å². The van der Waals surface area contributed by atoms with Gasteiger partial charge in [-0.3, -0.25) is 4.99 Å². The fourth-order valence-electron chi connectivity index (χ4n) is 3.90. The topological polar surface area (TPSA) is 35.8 Å². The van der Waals surface area contributed by atoms with E-state index in [2.05, 4.69) is 53.4 Å². The first-order chi connectivity index (χ1) is 12.3. The number of halogens is 1. The molecule has 1 atom stereocenters. The Bertz CT molecular complexity index is 701. The molecule has 0 bridgehead atoms. The van der Waals surface area contributed by atoms with Crippen LogP contribution < -0.4 is 0 Å². The number of aliphatic hydroxyl groups is 1. The van der Waals surface area contributed by atoms with Gasteiger partial charge in [0, 0.05) is 18.8 Å². The largest absolute Gasteiger partial charge is 0.369 e. The first-order valence-corrected chi connectivity index (χ1v) is 10.0. The molecule has 3 nitrogen and oxygen atoms in total. The first-order valence-electron chi connectivity index (χ1n) is 9.06. The third-order valence-corrected chi connectivity index (χ3v) is 6.30.